The second kappa shape index (κ2) is 12.5. The lowest BCUT2D eigenvalue weighted by Crippen LogP contribution is -2.45. The molecule has 0 saturated carbocycles. The zero-order chi connectivity index (χ0) is 17.9. The van der Waals surface area contributed by atoms with Gasteiger partial charge in [-0.3, -0.25) is 4.79 Å². The van der Waals surface area contributed by atoms with Gasteiger partial charge in [0.25, 0.3) is 0 Å². The van der Waals surface area contributed by atoms with E-state index in [1.807, 2.05) is 30.3 Å². The van der Waals surface area contributed by atoms with Gasteiger partial charge in [-0.15, -0.1) is 12.4 Å². The van der Waals surface area contributed by atoms with Crippen LogP contribution < -0.4 is 16.0 Å². The zero-order valence-electron chi connectivity index (χ0n) is 15.2. The summed E-state index contributed by atoms with van der Waals surface area (Å²) >= 11 is 0. The number of urea groups is 1. The van der Waals surface area contributed by atoms with Crippen LogP contribution in [0.3, 0.4) is 0 Å². The number of benzene rings is 1. The fourth-order valence-electron chi connectivity index (χ4n) is 2.79. The Bertz CT molecular complexity index is 536. The van der Waals surface area contributed by atoms with Crippen LogP contribution in [0, 0.1) is 5.92 Å². The molecule has 1 saturated heterocycles. The molecule has 1 aromatic carbocycles. The lowest BCUT2D eigenvalue weighted by Gasteiger charge is -2.31. The lowest BCUT2D eigenvalue weighted by molar-refractivity contribution is -0.126. The number of methoxy groups -OCH3 is 1. The summed E-state index contributed by atoms with van der Waals surface area (Å²) in [6.45, 7) is 3.98. The van der Waals surface area contributed by atoms with E-state index in [4.69, 9.17) is 4.74 Å². The van der Waals surface area contributed by atoms with Gasteiger partial charge in [0.2, 0.25) is 5.91 Å². The molecule has 0 radical (unpaired) electrons. The van der Waals surface area contributed by atoms with Crippen molar-refractivity contribution < 1.29 is 14.3 Å². The number of hydrogen-bond donors (Lipinski definition) is 3. The highest BCUT2D eigenvalue weighted by atomic mass is 35.5. The molecular weight excluding hydrogens is 356 g/mol. The van der Waals surface area contributed by atoms with Gasteiger partial charge in [0.1, 0.15) is 0 Å². The average Bonchev–Trinajstić information content (AvgIpc) is 2.65. The second-order valence-electron chi connectivity index (χ2n) is 6.09. The molecular formula is C18H29ClN4O3. The fraction of sp³-hybridized carbons (Fsp3) is 0.556. The number of nitrogens with zero attached hydrogens (tertiary/aromatic N) is 1. The minimum Gasteiger partial charge on any atom is -0.383 e. The Morgan fingerprint density at radius 3 is 2.46 bits per heavy atom. The van der Waals surface area contributed by atoms with Crippen LogP contribution in [0.5, 0.6) is 0 Å². The smallest absolute Gasteiger partial charge is 0.321 e. The number of anilines is 1. The topological polar surface area (TPSA) is 82.7 Å². The maximum absolute atomic E-state index is 12.2. The Kier molecular flexibility index (Phi) is 10.7. The molecule has 0 atom stereocenters. The number of hydrogen-bond acceptors (Lipinski definition) is 4. The number of carbonyl (C=O) groups is 2. The molecule has 146 valence electrons. The van der Waals surface area contributed by atoms with Crippen molar-refractivity contribution >= 4 is 30.0 Å². The highest BCUT2D eigenvalue weighted by molar-refractivity contribution is 5.89. The van der Waals surface area contributed by atoms with Crippen LogP contribution >= 0.6 is 12.4 Å². The summed E-state index contributed by atoms with van der Waals surface area (Å²) in [6, 6.07) is 9.30. The molecule has 1 aliphatic rings. The molecule has 26 heavy (non-hydrogen) atoms. The van der Waals surface area contributed by atoms with E-state index in [1.54, 1.807) is 12.0 Å². The SMILES string of the molecule is COCCNCCNC(=O)C1CCN(C(=O)Nc2ccccc2)CC1.Cl. The molecule has 0 spiro atoms. The van der Waals surface area contributed by atoms with E-state index in [1.165, 1.54) is 0 Å². The molecule has 7 nitrogen and oxygen atoms in total. The van der Waals surface area contributed by atoms with Crippen molar-refractivity contribution in [1.82, 2.24) is 15.5 Å². The summed E-state index contributed by atoms with van der Waals surface area (Å²) in [5.41, 5.74) is 0.785. The van der Waals surface area contributed by atoms with E-state index >= 15 is 0 Å². The summed E-state index contributed by atoms with van der Waals surface area (Å²) in [5, 5.41) is 9.02. The number of rotatable bonds is 8. The van der Waals surface area contributed by atoms with Crippen LogP contribution in [0.15, 0.2) is 30.3 Å². The van der Waals surface area contributed by atoms with Crippen LogP contribution in [0.4, 0.5) is 10.5 Å². The van der Waals surface area contributed by atoms with Crippen LogP contribution in [-0.2, 0) is 9.53 Å². The molecule has 0 bridgehead atoms. The molecule has 3 N–H and O–H groups in total. The molecule has 8 heteroatoms. The minimum absolute atomic E-state index is 0. The van der Waals surface area contributed by atoms with Gasteiger partial charge in [-0.1, -0.05) is 18.2 Å². The third kappa shape index (κ3) is 7.59. The molecule has 1 heterocycles. The molecule has 0 aromatic heterocycles. The molecule has 0 unspecified atom stereocenters. The van der Waals surface area contributed by atoms with Crippen LogP contribution in [0.1, 0.15) is 12.8 Å². The van der Waals surface area contributed by atoms with Gasteiger partial charge in [0, 0.05) is 51.4 Å². The molecule has 2 rings (SSSR count). The first-order chi connectivity index (χ1) is 12.2. The van der Waals surface area contributed by atoms with E-state index in [9.17, 15) is 9.59 Å². The van der Waals surface area contributed by atoms with Gasteiger partial charge >= 0.3 is 6.03 Å². The first-order valence-corrected chi connectivity index (χ1v) is 8.79. The van der Waals surface area contributed by atoms with Gasteiger partial charge in [0.05, 0.1) is 6.61 Å². The maximum Gasteiger partial charge on any atom is 0.321 e. The van der Waals surface area contributed by atoms with Crippen LogP contribution in [-0.4, -0.2) is 63.3 Å². The summed E-state index contributed by atoms with van der Waals surface area (Å²) < 4.78 is 4.94. The number of likely N-dealkylation sites (tertiary alicyclic amines) is 1. The van der Waals surface area contributed by atoms with Crippen molar-refractivity contribution in [2.45, 2.75) is 12.8 Å². The largest absolute Gasteiger partial charge is 0.383 e. The van der Waals surface area contributed by atoms with Crippen molar-refractivity contribution in [2.24, 2.45) is 5.92 Å². The van der Waals surface area contributed by atoms with E-state index < -0.39 is 0 Å². The Balaban J connectivity index is 0.00000338. The number of piperidine rings is 1. The van der Waals surface area contributed by atoms with E-state index in [2.05, 4.69) is 16.0 Å². The highest BCUT2D eigenvalue weighted by Crippen LogP contribution is 2.18. The van der Waals surface area contributed by atoms with Crippen molar-refractivity contribution in [1.29, 1.82) is 0 Å². The monoisotopic (exact) mass is 384 g/mol. The first-order valence-electron chi connectivity index (χ1n) is 8.79. The number of halogens is 1. The summed E-state index contributed by atoms with van der Waals surface area (Å²) in [6.07, 6.45) is 1.40. The van der Waals surface area contributed by atoms with Gasteiger partial charge < -0.3 is 25.6 Å². The van der Waals surface area contributed by atoms with Crippen molar-refractivity contribution in [3.63, 3.8) is 0 Å². The summed E-state index contributed by atoms with van der Waals surface area (Å²) in [7, 11) is 1.66. The fourth-order valence-corrected chi connectivity index (χ4v) is 2.79. The summed E-state index contributed by atoms with van der Waals surface area (Å²) in [5.74, 6) is 0.0661. The Morgan fingerprint density at radius 1 is 1.12 bits per heavy atom. The first kappa shape index (κ1) is 22.2. The van der Waals surface area contributed by atoms with Gasteiger partial charge in [0.15, 0.2) is 0 Å². The average molecular weight is 385 g/mol. The molecule has 1 aromatic rings. The number of carbonyl (C=O) groups excluding carboxylic acids is 2. The maximum atomic E-state index is 12.2. The molecule has 0 aliphatic carbocycles. The van der Waals surface area contributed by atoms with Gasteiger partial charge in [-0.2, -0.15) is 0 Å². The minimum atomic E-state index is -0.104. The predicted molar refractivity (Wildman–Crippen MR) is 105 cm³/mol. The third-order valence-corrected chi connectivity index (χ3v) is 4.26. The van der Waals surface area contributed by atoms with Crippen molar-refractivity contribution in [3.8, 4) is 0 Å². The number of ether oxygens (including phenoxy) is 1. The van der Waals surface area contributed by atoms with Gasteiger partial charge in [-0.05, 0) is 25.0 Å². The number of amides is 3. The zero-order valence-corrected chi connectivity index (χ0v) is 16.0. The molecule has 3 amide bonds. The third-order valence-electron chi connectivity index (χ3n) is 4.26. The van der Waals surface area contributed by atoms with Crippen molar-refractivity contribution in [3.05, 3.63) is 30.3 Å². The molecule has 1 fully saturated rings. The standard InChI is InChI=1S/C18H28N4O3.ClH/c1-25-14-11-19-9-10-20-17(23)15-7-12-22(13-8-15)18(24)21-16-5-3-2-4-6-16;/h2-6,15,19H,7-14H2,1H3,(H,20,23)(H,21,24);1H. The Morgan fingerprint density at radius 2 is 1.81 bits per heavy atom. The normalized spacial score (nSPS) is 14.4. The number of para-hydroxylation sites is 1. The van der Waals surface area contributed by atoms with Gasteiger partial charge in [-0.25, -0.2) is 4.79 Å². The van der Waals surface area contributed by atoms with E-state index in [0.29, 0.717) is 39.1 Å². The number of nitrogens with one attached hydrogen (secondary N) is 3. The quantitative estimate of drug-likeness (QED) is 0.596. The Labute approximate surface area is 161 Å². The predicted octanol–water partition coefficient (Wildman–Crippen LogP) is 1.70. The van der Waals surface area contributed by atoms with Crippen LogP contribution in [0.2, 0.25) is 0 Å². The molecule has 1 aliphatic heterocycles. The highest BCUT2D eigenvalue weighted by Gasteiger charge is 2.27. The second-order valence-corrected chi connectivity index (χ2v) is 6.09. The van der Waals surface area contributed by atoms with E-state index in [-0.39, 0.29) is 30.3 Å². The van der Waals surface area contributed by atoms with E-state index in [0.717, 1.165) is 18.8 Å². The lowest BCUT2D eigenvalue weighted by atomic mass is 9.96. The summed E-state index contributed by atoms with van der Waals surface area (Å²) in [4.78, 5) is 26.2. The van der Waals surface area contributed by atoms with Crippen LogP contribution in [0.25, 0.3) is 0 Å². The van der Waals surface area contributed by atoms with Crippen molar-refractivity contribution in [2.75, 3.05) is 51.8 Å². The Hall–Kier alpha value is -1.83.